The van der Waals surface area contributed by atoms with Crippen molar-refractivity contribution in [1.82, 2.24) is 24.3 Å². The van der Waals surface area contributed by atoms with Crippen molar-refractivity contribution in [1.29, 1.82) is 0 Å². The van der Waals surface area contributed by atoms with Gasteiger partial charge in [0.2, 0.25) is 0 Å². The highest BCUT2D eigenvalue weighted by molar-refractivity contribution is 5.93. The molecule has 5 atom stereocenters. The summed E-state index contributed by atoms with van der Waals surface area (Å²) in [4.78, 5) is 92.1. The van der Waals surface area contributed by atoms with Gasteiger partial charge in [0.05, 0.1) is 35.6 Å². The summed E-state index contributed by atoms with van der Waals surface area (Å²) in [5, 5.41) is 11.1. The molecule has 80 heavy (non-hydrogen) atoms. The minimum absolute atomic E-state index is 0.0579. The maximum Gasteiger partial charge on any atom is 0.415 e. The Kier molecular flexibility index (Phi) is 16.7. The zero-order valence-electron chi connectivity index (χ0n) is 48.0. The van der Waals surface area contributed by atoms with Gasteiger partial charge in [-0.1, -0.05) is 44.4 Å². The van der Waals surface area contributed by atoms with Gasteiger partial charge in [0.15, 0.2) is 17.2 Å². The zero-order chi connectivity index (χ0) is 56.6. The normalized spacial score (nSPS) is 23.3. The highest BCUT2D eigenvalue weighted by Crippen LogP contribution is 2.68. The number of piperazine rings is 1. The molecule has 0 spiro atoms. The van der Waals surface area contributed by atoms with E-state index in [0.29, 0.717) is 73.5 Å². The van der Waals surface area contributed by atoms with Crippen molar-refractivity contribution >= 4 is 46.2 Å². The van der Waals surface area contributed by atoms with Crippen LogP contribution in [0.3, 0.4) is 0 Å². The number of Topliss-reactive ketones (excluding diaryl/α,β-unsaturated/α-hetero) is 1. The molecular formula is C64H80N6O10. The SMILES string of the molecule is CCCC(=O)OCc1c(CO)cc2n(c1=O)Cc1cc3c(CN(C)C)c(OC(=O)N4CCN(CCCCCCN(C)c5ccc(C6C[C@@]7(C)[C@@H](CC[C@]7(OC(C)=O)C(C)=O)[C@@H]7CCC8=CC(=O)CCC8=C67)cc5)CC4)ccc3nc1-2. The Balaban J connectivity index is 0.712. The Morgan fingerprint density at radius 2 is 1.65 bits per heavy atom. The Morgan fingerprint density at radius 1 is 0.887 bits per heavy atom. The minimum Gasteiger partial charge on any atom is -0.461 e. The van der Waals surface area contributed by atoms with Gasteiger partial charge < -0.3 is 38.6 Å². The third-order valence-electron chi connectivity index (χ3n) is 18.7. The average Bonchev–Trinajstić information content (AvgIpc) is 4.17. The lowest BCUT2D eigenvalue weighted by atomic mass is 9.50. The molecule has 2 aliphatic heterocycles. The van der Waals surface area contributed by atoms with Crippen molar-refractivity contribution in [2.24, 2.45) is 17.3 Å². The van der Waals surface area contributed by atoms with E-state index in [1.165, 1.54) is 29.2 Å². The van der Waals surface area contributed by atoms with Crippen LogP contribution in [0.25, 0.3) is 22.3 Å². The molecule has 0 bridgehead atoms. The number of hydrogen-bond donors (Lipinski definition) is 1. The third kappa shape index (κ3) is 10.9. The van der Waals surface area contributed by atoms with Gasteiger partial charge in [-0.3, -0.25) is 28.9 Å². The van der Waals surface area contributed by atoms with E-state index >= 15 is 0 Å². The fraction of sp³-hybridized carbons (Fsp3) is 0.547. The molecule has 4 aromatic rings. The topological polar surface area (TPSA) is 181 Å². The monoisotopic (exact) mass is 1090 g/mol. The number of aliphatic hydroxyl groups is 1. The van der Waals surface area contributed by atoms with Crippen LogP contribution in [0, 0.1) is 17.3 Å². The Morgan fingerprint density at radius 3 is 2.36 bits per heavy atom. The fourth-order valence-electron chi connectivity index (χ4n) is 14.7. The Bertz CT molecular complexity index is 3210. The number of fused-ring (bicyclic) bond motifs is 8. The van der Waals surface area contributed by atoms with Crippen molar-refractivity contribution in [3.8, 4) is 17.1 Å². The number of benzene rings is 2. The summed E-state index contributed by atoms with van der Waals surface area (Å²) in [6.07, 6.45) is 12.0. The average molecular weight is 1090 g/mol. The first-order chi connectivity index (χ1) is 38.4. The van der Waals surface area contributed by atoms with Crippen LogP contribution in [0.5, 0.6) is 5.75 Å². The van der Waals surface area contributed by atoms with Crippen LogP contribution >= 0.6 is 0 Å². The molecule has 1 amide bonds. The maximum atomic E-state index is 13.8. The predicted octanol–water partition coefficient (Wildman–Crippen LogP) is 9.43. The van der Waals surface area contributed by atoms with Crippen molar-refractivity contribution < 1.29 is 43.3 Å². The highest BCUT2D eigenvalue weighted by atomic mass is 16.6. The van der Waals surface area contributed by atoms with Crippen molar-refractivity contribution in [2.75, 3.05) is 65.3 Å². The number of unbranched alkanes of at least 4 members (excludes halogenated alkanes) is 3. The van der Waals surface area contributed by atoms with E-state index < -0.39 is 23.0 Å². The van der Waals surface area contributed by atoms with Crippen LogP contribution in [-0.2, 0) is 55.0 Å². The summed E-state index contributed by atoms with van der Waals surface area (Å²) in [6, 6.07) is 16.4. The molecule has 2 aromatic carbocycles. The summed E-state index contributed by atoms with van der Waals surface area (Å²) in [5.74, 6) is 0.381. The quantitative estimate of drug-likeness (QED) is 0.0610. The Hall–Kier alpha value is -6.49. The number of rotatable bonds is 19. The number of ketones is 2. The van der Waals surface area contributed by atoms with E-state index in [4.69, 9.17) is 19.2 Å². The lowest BCUT2D eigenvalue weighted by molar-refractivity contribution is -0.182. The summed E-state index contributed by atoms with van der Waals surface area (Å²) < 4.78 is 19.3. The predicted molar refractivity (Wildman–Crippen MR) is 306 cm³/mol. The summed E-state index contributed by atoms with van der Waals surface area (Å²) in [6.45, 7) is 11.9. The molecule has 16 heteroatoms. The van der Waals surface area contributed by atoms with Gasteiger partial charge >= 0.3 is 18.0 Å². The number of anilines is 1. The van der Waals surface area contributed by atoms with E-state index in [0.717, 1.165) is 99.7 Å². The lowest BCUT2D eigenvalue weighted by Gasteiger charge is -2.55. The van der Waals surface area contributed by atoms with Crippen molar-refractivity contribution in [2.45, 2.75) is 149 Å². The number of amides is 1. The maximum absolute atomic E-state index is 13.8. The van der Waals surface area contributed by atoms with Gasteiger partial charge in [-0.15, -0.1) is 0 Å². The number of hydrogen-bond acceptors (Lipinski definition) is 14. The number of aromatic nitrogens is 2. The van der Waals surface area contributed by atoms with E-state index in [9.17, 15) is 33.9 Å². The number of esters is 2. The number of nitrogens with zero attached hydrogens (tertiary/aromatic N) is 6. The van der Waals surface area contributed by atoms with Gasteiger partial charge in [0.25, 0.3) is 5.56 Å². The molecule has 4 aliphatic carbocycles. The van der Waals surface area contributed by atoms with Crippen LogP contribution in [0.15, 0.2) is 76.1 Å². The molecule has 2 saturated carbocycles. The molecule has 1 saturated heterocycles. The molecule has 16 nitrogen and oxygen atoms in total. The smallest absolute Gasteiger partial charge is 0.415 e. The molecule has 0 radical (unpaired) electrons. The molecule has 1 N–H and O–H groups in total. The number of allylic oxidation sites excluding steroid dienone is 4. The number of pyridine rings is 2. The minimum atomic E-state index is -1.14. The fourth-order valence-corrected chi connectivity index (χ4v) is 14.7. The van der Waals surface area contributed by atoms with E-state index in [1.54, 1.807) is 28.5 Å². The van der Waals surface area contributed by atoms with Gasteiger partial charge in [-0.25, -0.2) is 9.78 Å². The highest BCUT2D eigenvalue weighted by Gasteiger charge is 2.67. The molecule has 10 rings (SSSR count). The second-order valence-electron chi connectivity index (χ2n) is 24.0. The van der Waals surface area contributed by atoms with Gasteiger partial charge in [0.1, 0.15) is 12.4 Å². The second-order valence-corrected chi connectivity index (χ2v) is 24.0. The second kappa shape index (κ2) is 23.5. The molecule has 1 unspecified atom stereocenters. The third-order valence-corrected chi connectivity index (χ3v) is 18.7. The number of carbonyl (C=O) groups excluding carboxylic acids is 5. The standard InChI is InChI=1S/C64H80N6O10/c1-8-13-58(75)78-39-53-45(38-71)34-56-60-44(36-70(56)61(53)76)33-50-52(37-66(5)6)57(23-22-55(50)65-60)79-62(77)69-30-28-68(29-31-69)27-12-10-9-11-26-67(7)46-17-14-42(15-18-46)51-35-63(4)54(24-25-64(63,40(2)72)80-41(3)73)49-20-16-43-32-47(74)19-21-48(43)59(49)51/h14-15,17-18,22-23,32-34,49,51,54,71H,8-13,16,19-21,24-31,35-39H2,1-7H3/t49-,51?,54-,63-,64-/m0/s1. The van der Waals surface area contributed by atoms with Crippen LogP contribution in [-0.4, -0.2) is 125 Å². The van der Waals surface area contributed by atoms with Crippen molar-refractivity contribution in [3.05, 3.63) is 109 Å². The summed E-state index contributed by atoms with van der Waals surface area (Å²) >= 11 is 0. The molecule has 6 aliphatic rings. The van der Waals surface area contributed by atoms with E-state index in [-0.39, 0.29) is 72.7 Å². The van der Waals surface area contributed by atoms with Crippen LogP contribution in [0.4, 0.5) is 10.5 Å². The number of carbonyl (C=O) groups is 5. The first-order valence-corrected chi connectivity index (χ1v) is 29.2. The van der Waals surface area contributed by atoms with Gasteiger partial charge in [0, 0.05) is 99.6 Å². The van der Waals surface area contributed by atoms with Crippen LogP contribution in [0.2, 0.25) is 0 Å². The first kappa shape index (κ1) is 56.8. The molecule has 4 heterocycles. The van der Waals surface area contributed by atoms with Gasteiger partial charge in [-0.05, 0) is 162 Å². The summed E-state index contributed by atoms with van der Waals surface area (Å²) in [5.41, 5.74) is 8.65. The summed E-state index contributed by atoms with van der Waals surface area (Å²) in [7, 11) is 6.07. The Labute approximate surface area is 470 Å². The molecule has 3 fully saturated rings. The number of ether oxygens (including phenoxy) is 3. The zero-order valence-corrected chi connectivity index (χ0v) is 48.0. The molecule has 426 valence electrons. The van der Waals surface area contributed by atoms with E-state index in [1.807, 2.05) is 44.1 Å². The lowest BCUT2D eigenvalue weighted by Crippen LogP contribution is -2.57. The molecule has 2 aromatic heterocycles. The van der Waals surface area contributed by atoms with E-state index in [2.05, 4.69) is 48.0 Å². The number of aliphatic hydroxyl groups excluding tert-OH is 1. The van der Waals surface area contributed by atoms with Crippen LogP contribution < -0.4 is 15.2 Å². The van der Waals surface area contributed by atoms with Gasteiger partial charge in [-0.2, -0.15) is 0 Å². The van der Waals surface area contributed by atoms with Crippen molar-refractivity contribution in [3.63, 3.8) is 0 Å². The molecular weight excluding hydrogens is 1010 g/mol. The largest absolute Gasteiger partial charge is 0.461 e. The first-order valence-electron chi connectivity index (χ1n) is 29.2. The van der Waals surface area contributed by atoms with Crippen LogP contribution in [0.1, 0.15) is 145 Å².